The first-order valence-corrected chi connectivity index (χ1v) is 20.3. The Hall–Kier alpha value is -3.32. The van der Waals surface area contributed by atoms with Crippen LogP contribution in [-0.4, -0.2) is 89.1 Å². The van der Waals surface area contributed by atoms with Gasteiger partial charge in [-0.15, -0.1) is 12.4 Å². The smallest absolute Gasteiger partial charge is 0.387 e. The van der Waals surface area contributed by atoms with Crippen LogP contribution in [0.3, 0.4) is 0 Å². The van der Waals surface area contributed by atoms with Gasteiger partial charge in [-0.2, -0.15) is 13.5 Å². The molecule has 1 aliphatic carbocycles. The third-order valence-corrected chi connectivity index (χ3v) is 11.3. The number of carbonyl (C=O) groups excluding carboxylic acids is 2. The number of sulfonamides is 1. The summed E-state index contributed by atoms with van der Waals surface area (Å²) in [4.78, 5) is 28.6. The fraction of sp³-hybridized carbons (Fsp3) is 0.457. The topological polar surface area (TPSA) is 157 Å². The van der Waals surface area contributed by atoms with Gasteiger partial charge in [0, 0.05) is 30.6 Å². The first kappa shape index (κ1) is 44.4. The summed E-state index contributed by atoms with van der Waals surface area (Å²) in [7, 11) is -2.43. The number of morpholine rings is 1. The second-order valence-corrected chi connectivity index (χ2v) is 16.1. The third kappa shape index (κ3) is 13.7. The Bertz CT molecular complexity index is 1880. The van der Waals surface area contributed by atoms with E-state index in [9.17, 15) is 32.0 Å². The number of hydrogen-bond donors (Lipinski definition) is 1. The minimum Gasteiger partial charge on any atom is -0.619 e. The number of hydrogen-bond acceptors (Lipinski definition) is 12. The molecule has 2 aromatic carbocycles. The van der Waals surface area contributed by atoms with E-state index in [-0.39, 0.29) is 81.2 Å². The van der Waals surface area contributed by atoms with Crippen LogP contribution in [0, 0.1) is 11.1 Å². The van der Waals surface area contributed by atoms with Crippen molar-refractivity contribution in [3.63, 3.8) is 0 Å². The number of esters is 1. The second kappa shape index (κ2) is 20.7. The maximum Gasteiger partial charge on any atom is 0.387 e. The number of aromatic nitrogens is 1. The van der Waals surface area contributed by atoms with Crippen molar-refractivity contribution in [2.75, 3.05) is 62.8 Å². The van der Waals surface area contributed by atoms with Gasteiger partial charge in [-0.05, 0) is 67.6 Å². The van der Waals surface area contributed by atoms with Crippen LogP contribution < -0.4 is 23.7 Å². The average molecular weight is 871 g/mol. The normalized spacial score (nSPS) is 15.2. The summed E-state index contributed by atoms with van der Waals surface area (Å²) < 4.78 is 82.0. The Balaban J connectivity index is 0.00000673. The largest absolute Gasteiger partial charge is 0.619 e. The molecule has 302 valence electrons. The summed E-state index contributed by atoms with van der Waals surface area (Å²) >= 11 is 13.3. The molecule has 13 nitrogen and oxygen atoms in total. The molecule has 20 heteroatoms. The highest BCUT2D eigenvalue weighted by atomic mass is 35.5. The molecule has 1 atom stereocenters. The molecule has 1 aromatic heterocycles. The van der Waals surface area contributed by atoms with E-state index in [2.05, 4.69) is 14.4 Å². The third-order valence-electron chi connectivity index (χ3n) is 8.46. The first-order valence-electron chi connectivity index (χ1n) is 16.9. The molecule has 0 radical (unpaired) electrons. The van der Waals surface area contributed by atoms with Crippen LogP contribution in [0.15, 0.2) is 48.8 Å². The van der Waals surface area contributed by atoms with Crippen molar-refractivity contribution >= 4 is 74.2 Å². The van der Waals surface area contributed by atoms with Gasteiger partial charge in [0.25, 0.3) is 0 Å². The van der Waals surface area contributed by atoms with Gasteiger partial charge < -0.3 is 28.9 Å². The van der Waals surface area contributed by atoms with Crippen molar-refractivity contribution in [1.29, 1.82) is 0 Å². The molecule has 1 saturated heterocycles. The molecule has 2 heterocycles. The molecule has 2 aliphatic rings. The summed E-state index contributed by atoms with van der Waals surface area (Å²) in [5.74, 6) is -1.17. The molecular weight excluding hydrogens is 831 g/mol. The Kier molecular flexibility index (Phi) is 16.7. The Morgan fingerprint density at radius 2 is 1.76 bits per heavy atom. The van der Waals surface area contributed by atoms with Crippen LogP contribution >= 0.6 is 47.4 Å². The van der Waals surface area contributed by atoms with Gasteiger partial charge in [0.15, 0.2) is 23.9 Å². The van der Waals surface area contributed by atoms with Crippen molar-refractivity contribution in [2.24, 2.45) is 5.92 Å². The number of pyridine rings is 1. The molecule has 1 saturated carbocycles. The van der Waals surface area contributed by atoms with Gasteiger partial charge in [0.2, 0.25) is 15.1 Å². The number of benzene rings is 2. The molecule has 0 spiro atoms. The van der Waals surface area contributed by atoms with E-state index in [1.165, 1.54) is 43.5 Å². The van der Waals surface area contributed by atoms with Crippen molar-refractivity contribution in [2.45, 2.75) is 38.4 Å². The minimum absolute atomic E-state index is 0. The predicted molar refractivity (Wildman–Crippen MR) is 206 cm³/mol. The van der Waals surface area contributed by atoms with E-state index in [1.54, 1.807) is 0 Å². The monoisotopic (exact) mass is 869 g/mol. The number of thioether (sulfide) groups is 1. The SMILES string of the molecule is COc1ccc(C(=O)SCC(=O)O[C@@H](Cc2c(Cl)c[n+]([O-])cc2Cl)c2ccc(OC(F)F)c(OCC3CC3)c2)cc1NS(=O)(=O)CCCN1CCOCC1.Cl. The zero-order chi connectivity index (χ0) is 38.8. The van der Waals surface area contributed by atoms with Crippen LogP contribution in [-0.2, 0) is 30.7 Å². The van der Waals surface area contributed by atoms with Gasteiger partial charge in [-0.25, -0.2) is 8.42 Å². The van der Waals surface area contributed by atoms with Gasteiger partial charge >= 0.3 is 12.6 Å². The molecule has 0 bridgehead atoms. The number of carbonyl (C=O) groups is 2. The maximum atomic E-state index is 13.3. The average Bonchev–Trinajstić information content (AvgIpc) is 3.96. The van der Waals surface area contributed by atoms with E-state index >= 15 is 0 Å². The lowest BCUT2D eigenvalue weighted by molar-refractivity contribution is -0.605. The van der Waals surface area contributed by atoms with E-state index in [0.717, 1.165) is 38.3 Å². The number of rotatable bonds is 19. The molecule has 1 N–H and O–H groups in total. The van der Waals surface area contributed by atoms with Crippen LogP contribution in [0.1, 0.15) is 46.9 Å². The fourth-order valence-corrected chi connectivity index (χ4v) is 7.81. The molecule has 3 aromatic rings. The first-order chi connectivity index (χ1) is 25.8. The van der Waals surface area contributed by atoms with E-state index in [0.29, 0.717) is 48.2 Å². The second-order valence-electron chi connectivity index (χ2n) is 12.5. The van der Waals surface area contributed by atoms with E-state index in [4.69, 9.17) is 42.1 Å². The van der Waals surface area contributed by atoms with E-state index in [1.807, 2.05) is 0 Å². The van der Waals surface area contributed by atoms with Crippen molar-refractivity contribution in [3.05, 3.63) is 80.7 Å². The molecule has 5 rings (SSSR count). The number of nitrogens with one attached hydrogen (secondary N) is 1. The highest BCUT2D eigenvalue weighted by molar-refractivity contribution is 8.14. The number of ether oxygens (including phenoxy) is 5. The van der Waals surface area contributed by atoms with Crippen LogP contribution in [0.2, 0.25) is 10.0 Å². The summed E-state index contributed by atoms with van der Waals surface area (Å²) in [6.07, 6.45) is 3.17. The standard InChI is InChI=1S/C35H39Cl2F2N3O10S2.ClH/c1-48-29-7-6-24(15-28(29)40-54(46,47)14-2-9-41-10-12-49-13-11-41)34(44)53-21-33(43)51-31(17-25-26(36)18-42(45)19-27(25)37)23-5-8-30(52-35(38)39)32(16-23)50-20-22-3-4-22;/h5-8,15-16,18-19,22,31,35,40H,2-4,9-14,17,20-21H2,1H3;1H/t31-;/m0./s1. The highest BCUT2D eigenvalue weighted by Crippen LogP contribution is 2.38. The zero-order valence-electron chi connectivity index (χ0n) is 29.5. The fourth-order valence-electron chi connectivity index (χ4n) is 5.50. The highest BCUT2D eigenvalue weighted by Gasteiger charge is 2.27. The molecule has 55 heavy (non-hydrogen) atoms. The minimum atomic E-state index is -3.80. The van der Waals surface area contributed by atoms with Crippen molar-refractivity contribution in [1.82, 2.24) is 4.90 Å². The van der Waals surface area contributed by atoms with E-state index < -0.39 is 39.6 Å². The molecule has 1 aliphatic heterocycles. The molecule has 0 unspecified atom stereocenters. The maximum absolute atomic E-state index is 13.3. The lowest BCUT2D eigenvalue weighted by Crippen LogP contribution is -2.37. The van der Waals surface area contributed by atoms with Crippen LogP contribution in [0.4, 0.5) is 14.5 Å². The number of nitrogens with zero attached hydrogens (tertiary/aromatic N) is 2. The van der Waals surface area contributed by atoms with Crippen LogP contribution in [0.25, 0.3) is 0 Å². The Morgan fingerprint density at radius 1 is 1.07 bits per heavy atom. The number of alkyl halides is 2. The lowest BCUT2D eigenvalue weighted by atomic mass is 10.0. The summed E-state index contributed by atoms with van der Waals surface area (Å²) in [5.41, 5.74) is 0.745. The quantitative estimate of drug-likeness (QED) is 0.0815. The predicted octanol–water partition coefficient (Wildman–Crippen LogP) is 6.31. The molecule has 0 amide bonds. The number of methoxy groups -OCH3 is 1. The van der Waals surface area contributed by atoms with Gasteiger partial charge in [0.05, 0.1) is 44.1 Å². The van der Waals surface area contributed by atoms with Crippen LogP contribution in [0.5, 0.6) is 17.2 Å². The zero-order valence-corrected chi connectivity index (χ0v) is 33.5. The van der Waals surface area contributed by atoms with Crippen molar-refractivity contribution < 1.29 is 55.2 Å². The van der Waals surface area contributed by atoms with Crippen molar-refractivity contribution in [3.8, 4) is 17.2 Å². The van der Waals surface area contributed by atoms with Gasteiger partial charge in [-0.3, -0.25) is 19.2 Å². The number of anilines is 1. The van der Waals surface area contributed by atoms with Gasteiger partial charge in [-0.1, -0.05) is 41.0 Å². The summed E-state index contributed by atoms with van der Waals surface area (Å²) in [5, 5.41) is 11.3. The molecular formula is C35H40Cl3F2N3O10S2. The molecule has 2 fully saturated rings. The summed E-state index contributed by atoms with van der Waals surface area (Å²) in [6, 6.07) is 8.30. The number of halogens is 5. The Morgan fingerprint density at radius 3 is 2.42 bits per heavy atom. The summed E-state index contributed by atoms with van der Waals surface area (Å²) in [6.45, 7) is 0.423. The Labute approximate surface area is 337 Å². The lowest BCUT2D eigenvalue weighted by Gasteiger charge is -2.26. The van der Waals surface area contributed by atoms with Gasteiger partial charge in [0.1, 0.15) is 21.9 Å².